The van der Waals surface area contributed by atoms with Gasteiger partial charge < -0.3 is 0 Å². The van der Waals surface area contributed by atoms with Crippen LogP contribution in [0.15, 0.2) is 23.6 Å². The molecule has 112 valence electrons. The minimum atomic E-state index is -5.16. The van der Waals surface area contributed by atoms with Crippen LogP contribution in [0.3, 0.4) is 0 Å². The van der Waals surface area contributed by atoms with E-state index < -0.39 is 39.3 Å². The van der Waals surface area contributed by atoms with E-state index in [2.05, 4.69) is 0 Å². The number of hydrogen-bond acceptors (Lipinski definition) is 2. The molecular weight excluding hydrogens is 317 g/mol. The van der Waals surface area contributed by atoms with Crippen molar-refractivity contribution in [3.8, 4) is 0 Å². The van der Waals surface area contributed by atoms with Crippen LogP contribution in [0.25, 0.3) is 6.08 Å². The Morgan fingerprint density at radius 1 is 0.850 bits per heavy atom. The summed E-state index contributed by atoms with van der Waals surface area (Å²) in [7, 11) is -5.16. The van der Waals surface area contributed by atoms with Gasteiger partial charge in [0.15, 0.2) is 0 Å². The van der Waals surface area contributed by atoms with Gasteiger partial charge in [0.05, 0.1) is 16.5 Å². The third-order valence-electron chi connectivity index (χ3n) is 2.03. The van der Waals surface area contributed by atoms with Gasteiger partial charge in [0.25, 0.3) is 0 Å². The molecule has 0 aliphatic carbocycles. The smallest absolute Gasteiger partial charge is 0.190 e. The van der Waals surface area contributed by atoms with Gasteiger partial charge in [0.2, 0.25) is 0 Å². The minimum absolute atomic E-state index is 0.124. The minimum Gasteiger partial charge on any atom is -0.190 e. The lowest BCUT2D eigenvalue weighted by Crippen LogP contribution is -2.11. The molecule has 0 unspecified atom stereocenters. The number of alkyl halides is 6. The summed E-state index contributed by atoms with van der Waals surface area (Å²) in [5.74, 6) is 0. The lowest BCUT2D eigenvalue weighted by Gasteiger charge is -2.12. The first-order valence-electron chi connectivity index (χ1n) is 4.71. The van der Waals surface area contributed by atoms with Gasteiger partial charge in [-0.05, 0) is 29.8 Å². The predicted octanol–water partition coefficient (Wildman–Crippen LogP) is 3.99. The van der Waals surface area contributed by atoms with Crippen molar-refractivity contribution in [2.24, 2.45) is 0 Å². The third-order valence-corrected chi connectivity index (χ3v) is 2.49. The highest BCUT2D eigenvalue weighted by Crippen LogP contribution is 2.36. The van der Waals surface area contributed by atoms with Gasteiger partial charge in [0.1, 0.15) is 0 Å². The van der Waals surface area contributed by atoms with Crippen LogP contribution in [0.2, 0.25) is 0 Å². The Balaban J connectivity index is 3.43. The second-order valence-electron chi connectivity index (χ2n) is 3.62. The molecule has 0 N–H and O–H groups in total. The van der Waals surface area contributed by atoms with Crippen LogP contribution < -0.4 is 0 Å². The molecule has 20 heavy (non-hydrogen) atoms. The summed E-state index contributed by atoms with van der Waals surface area (Å²) in [5.41, 5.74) is -3.99. The van der Waals surface area contributed by atoms with Crippen LogP contribution in [0.5, 0.6) is 0 Å². The second-order valence-corrected chi connectivity index (χ2v) is 4.84. The summed E-state index contributed by atoms with van der Waals surface area (Å²) in [6.07, 6.45) is -9.81. The Hall–Kier alpha value is -1.58. The molecule has 0 saturated carbocycles. The second kappa shape index (κ2) is 5.08. The van der Waals surface area contributed by atoms with Crippen molar-refractivity contribution in [1.82, 2.24) is 0 Å². The molecule has 0 aliphatic rings. The van der Waals surface area contributed by atoms with E-state index in [0.29, 0.717) is 6.08 Å². The molecule has 2 nitrogen and oxygen atoms in total. The molecule has 0 saturated heterocycles. The zero-order valence-electron chi connectivity index (χ0n) is 9.26. The fourth-order valence-electron chi connectivity index (χ4n) is 1.24. The summed E-state index contributed by atoms with van der Waals surface area (Å²) in [4.78, 5) is 0. The van der Waals surface area contributed by atoms with Crippen LogP contribution in [-0.2, 0) is 22.6 Å². The van der Waals surface area contributed by atoms with Gasteiger partial charge in [-0.3, -0.25) is 0 Å². The first kappa shape index (κ1) is 16.5. The van der Waals surface area contributed by atoms with Crippen molar-refractivity contribution in [2.45, 2.75) is 12.4 Å². The van der Waals surface area contributed by atoms with Gasteiger partial charge >= 0.3 is 22.6 Å². The van der Waals surface area contributed by atoms with Crippen LogP contribution in [0.4, 0.5) is 30.2 Å². The Bertz CT molecular complexity index is 594. The first-order valence-corrected chi connectivity index (χ1v) is 6.16. The van der Waals surface area contributed by atoms with E-state index in [1.807, 2.05) is 0 Å². The van der Waals surface area contributed by atoms with Crippen molar-refractivity contribution in [3.05, 3.63) is 40.3 Å². The molecule has 0 heterocycles. The average molecular weight is 322 g/mol. The largest absolute Gasteiger partial charge is 0.416 e. The zero-order chi connectivity index (χ0) is 15.8. The zero-order valence-corrected chi connectivity index (χ0v) is 10.1. The molecule has 0 radical (unpaired) electrons. The molecule has 0 bridgehead atoms. The Kier molecular flexibility index (Phi) is 4.18. The molecule has 1 rings (SSSR count). The van der Waals surface area contributed by atoms with Gasteiger partial charge in [-0.2, -0.15) is 34.8 Å². The molecule has 0 fully saturated rings. The van der Waals surface area contributed by atoms with Crippen molar-refractivity contribution in [2.75, 3.05) is 0 Å². The lowest BCUT2D eigenvalue weighted by molar-refractivity contribution is -0.143. The average Bonchev–Trinajstić information content (AvgIpc) is 2.22. The summed E-state index contributed by atoms with van der Waals surface area (Å²) < 4.78 is 107. The van der Waals surface area contributed by atoms with Gasteiger partial charge in [-0.25, -0.2) is 0 Å². The highest BCUT2D eigenvalue weighted by atomic mass is 32.3. The maximum Gasteiger partial charge on any atom is 0.416 e. The standard InChI is InChI=1S/C10H5F7O2S/c11-9(12,13)7-3-6(1-2-20(17,18)19)4-8(5-7)10(14,15)16/h1-5H/b2-1+. The molecule has 0 atom stereocenters. The number of benzene rings is 1. The SMILES string of the molecule is O=S(=O)(F)/C=C/c1cc(C(F)(F)F)cc(C(F)(F)F)c1. The Labute approximate surface area is 108 Å². The number of hydrogen-bond donors (Lipinski definition) is 0. The molecular formula is C10H5F7O2S. The number of halogens is 7. The third kappa shape index (κ3) is 4.83. The molecule has 0 spiro atoms. The number of rotatable bonds is 2. The highest BCUT2D eigenvalue weighted by Gasteiger charge is 2.36. The van der Waals surface area contributed by atoms with E-state index in [9.17, 15) is 38.6 Å². The van der Waals surface area contributed by atoms with E-state index in [4.69, 9.17) is 0 Å². The van der Waals surface area contributed by atoms with Gasteiger partial charge in [-0.1, -0.05) is 0 Å². The lowest BCUT2D eigenvalue weighted by atomic mass is 10.0. The molecule has 0 amide bonds. The normalized spacial score (nSPS) is 13.9. The van der Waals surface area contributed by atoms with Crippen LogP contribution in [0, 0.1) is 0 Å². The van der Waals surface area contributed by atoms with E-state index in [1.165, 1.54) is 0 Å². The molecule has 10 heteroatoms. The summed E-state index contributed by atoms with van der Waals surface area (Å²) >= 11 is 0. The fraction of sp³-hybridized carbons (Fsp3) is 0.200. The predicted molar refractivity (Wildman–Crippen MR) is 55.5 cm³/mol. The van der Waals surface area contributed by atoms with E-state index in [0.717, 1.165) is 0 Å². The van der Waals surface area contributed by atoms with Gasteiger partial charge in [-0.15, -0.1) is 3.89 Å². The quantitative estimate of drug-likeness (QED) is 0.609. The van der Waals surface area contributed by atoms with Gasteiger partial charge in [0, 0.05) is 0 Å². The summed E-state index contributed by atoms with van der Waals surface area (Å²) in [6.45, 7) is 0. The van der Waals surface area contributed by atoms with Crippen LogP contribution in [-0.4, -0.2) is 8.42 Å². The molecule has 0 aliphatic heterocycles. The van der Waals surface area contributed by atoms with E-state index in [-0.39, 0.29) is 23.6 Å². The van der Waals surface area contributed by atoms with E-state index >= 15 is 0 Å². The molecule has 1 aromatic carbocycles. The van der Waals surface area contributed by atoms with Crippen molar-refractivity contribution >= 4 is 16.3 Å². The molecule has 1 aromatic rings. The van der Waals surface area contributed by atoms with Crippen LogP contribution >= 0.6 is 0 Å². The van der Waals surface area contributed by atoms with E-state index in [1.54, 1.807) is 0 Å². The van der Waals surface area contributed by atoms with Crippen molar-refractivity contribution in [1.29, 1.82) is 0 Å². The van der Waals surface area contributed by atoms with Crippen molar-refractivity contribution < 1.29 is 38.6 Å². The Morgan fingerprint density at radius 2 is 1.25 bits per heavy atom. The molecule has 0 aromatic heterocycles. The maximum absolute atomic E-state index is 12.4. The monoisotopic (exact) mass is 322 g/mol. The summed E-state index contributed by atoms with van der Waals surface area (Å²) in [6, 6.07) is 0.426. The highest BCUT2D eigenvalue weighted by molar-refractivity contribution is 7.89. The first-order chi connectivity index (χ1) is 8.79. The fourth-order valence-corrected chi connectivity index (χ4v) is 1.55. The summed E-state index contributed by atoms with van der Waals surface area (Å²) in [5, 5.41) is -0.136. The topological polar surface area (TPSA) is 34.1 Å². The van der Waals surface area contributed by atoms with Crippen LogP contribution in [0.1, 0.15) is 16.7 Å². The Morgan fingerprint density at radius 3 is 1.55 bits per heavy atom. The maximum atomic E-state index is 12.4. The van der Waals surface area contributed by atoms with Crippen molar-refractivity contribution in [3.63, 3.8) is 0 Å².